The summed E-state index contributed by atoms with van der Waals surface area (Å²) < 4.78 is 5.99. The maximum absolute atomic E-state index is 14.7. The number of aliphatic imine (C=N–C) groups is 1. The lowest BCUT2D eigenvalue weighted by atomic mass is 10.0. The van der Waals surface area contributed by atoms with E-state index in [0.717, 1.165) is 119 Å². The van der Waals surface area contributed by atoms with Gasteiger partial charge in [-0.1, -0.05) is 195 Å². The Bertz CT molecular complexity index is 3620. The van der Waals surface area contributed by atoms with E-state index in [-0.39, 0.29) is 89.0 Å². The molecule has 0 bridgehead atoms. The quantitative estimate of drug-likeness (QED) is 0.0110. The van der Waals surface area contributed by atoms with Gasteiger partial charge in [-0.3, -0.25) is 57.7 Å². The van der Waals surface area contributed by atoms with Gasteiger partial charge < -0.3 is 85.8 Å². The summed E-state index contributed by atoms with van der Waals surface area (Å²) in [6, 6.07) is 8.53. The first-order valence-electron chi connectivity index (χ1n) is 44.0. The number of aromatic amines is 1. The number of amides is 11. The third kappa shape index (κ3) is 45.3. The summed E-state index contributed by atoms with van der Waals surface area (Å²) in [4.78, 5) is 160. The SMILES string of the molecule is CCCCC/C=C\C/C=C\CCCCCCCC(=O)NCCCNC(=O)C1NN(CC(=O)N[C@@H](CCCC)C(=O)N[C@@H](C)C(=O)N[C@@H](CCCCN)C(=O)N[C@H](Cc2ccccc2)C(=O)N[C@@H](CCCN=C(N)N)C(=O)N[C@@H](Cc2c[nH]c3ccccc23)C(N)=O)C(C(=O)NCCCNC(=O)CCCCCCC/C=C\C/C=C\CCCCC)O1. The first-order chi connectivity index (χ1) is 57.7. The Labute approximate surface area is 706 Å². The Morgan fingerprint density at radius 2 is 0.933 bits per heavy atom. The van der Waals surface area contributed by atoms with Gasteiger partial charge in [0.15, 0.2) is 5.96 Å². The number of allylic oxidation sites excluding steroid dienone is 8. The van der Waals surface area contributed by atoms with E-state index in [2.05, 4.69) is 131 Å². The number of aromatic nitrogens is 1. The van der Waals surface area contributed by atoms with Crippen molar-refractivity contribution in [1.29, 1.82) is 0 Å². The second-order valence-electron chi connectivity index (χ2n) is 30.7. The summed E-state index contributed by atoms with van der Waals surface area (Å²) in [6.45, 7) is 8.31. The molecule has 2 aromatic carbocycles. The van der Waals surface area contributed by atoms with E-state index in [9.17, 15) is 52.7 Å². The molecule has 30 nitrogen and oxygen atoms in total. The van der Waals surface area contributed by atoms with Gasteiger partial charge in [-0.15, -0.1) is 0 Å². The largest absolute Gasteiger partial charge is 0.370 e. The number of nitrogens with two attached hydrogens (primary N) is 4. The van der Waals surface area contributed by atoms with Crippen molar-refractivity contribution >= 4 is 81.8 Å². The summed E-state index contributed by atoms with van der Waals surface area (Å²) in [5, 5.41) is 29.8. The van der Waals surface area contributed by atoms with Gasteiger partial charge in [0, 0.05) is 75.5 Å². The molecule has 3 aromatic rings. The molecule has 11 amide bonds. The molecule has 2 unspecified atom stereocenters. The monoisotopic (exact) mass is 1660 g/mol. The molecular formula is C89H144N18O12. The molecule has 2 heterocycles. The zero-order valence-corrected chi connectivity index (χ0v) is 71.5. The van der Waals surface area contributed by atoms with Crippen molar-refractivity contribution in [3.8, 4) is 0 Å². The summed E-state index contributed by atoms with van der Waals surface area (Å²) in [5.41, 5.74) is 27.9. The van der Waals surface area contributed by atoms with Crippen LogP contribution >= 0.6 is 0 Å². The Morgan fingerprint density at radius 1 is 0.462 bits per heavy atom. The summed E-state index contributed by atoms with van der Waals surface area (Å²) in [6.07, 6.45) is 44.2. The van der Waals surface area contributed by atoms with E-state index < -0.39 is 108 Å². The molecule has 1 aliphatic heterocycles. The van der Waals surface area contributed by atoms with Crippen LogP contribution in [0.25, 0.3) is 10.9 Å². The molecule has 8 atom stereocenters. The lowest BCUT2D eigenvalue weighted by Gasteiger charge is -2.27. The fraction of sp³-hybridized carbons (Fsp3) is 0.618. The van der Waals surface area contributed by atoms with Crippen LogP contribution in [0.3, 0.4) is 0 Å². The minimum atomic E-state index is -1.52. The molecule has 20 N–H and O–H groups in total. The van der Waals surface area contributed by atoms with Crippen molar-refractivity contribution in [2.24, 2.45) is 27.9 Å². The second kappa shape index (κ2) is 63.3. The van der Waals surface area contributed by atoms with Crippen LogP contribution in [0.2, 0.25) is 0 Å². The highest BCUT2D eigenvalue weighted by atomic mass is 16.6. The van der Waals surface area contributed by atoms with E-state index in [1.54, 1.807) is 36.5 Å². The van der Waals surface area contributed by atoms with Gasteiger partial charge in [-0.05, 0) is 159 Å². The number of hydrazine groups is 1. The molecule has 4 rings (SSSR count). The minimum Gasteiger partial charge on any atom is -0.370 e. The van der Waals surface area contributed by atoms with E-state index in [0.29, 0.717) is 69.0 Å². The number of hydrogen-bond donors (Lipinski definition) is 16. The topological polar surface area (TPSA) is 465 Å². The molecule has 0 spiro atoms. The molecule has 0 saturated carbocycles. The van der Waals surface area contributed by atoms with Crippen LogP contribution in [0.5, 0.6) is 0 Å². The number of rotatable bonds is 67. The highest BCUT2D eigenvalue weighted by Crippen LogP contribution is 2.21. The third-order valence-electron chi connectivity index (χ3n) is 20.3. The molecule has 662 valence electrons. The van der Waals surface area contributed by atoms with E-state index in [4.69, 9.17) is 27.7 Å². The van der Waals surface area contributed by atoms with Crippen molar-refractivity contribution in [1.82, 2.24) is 68.6 Å². The van der Waals surface area contributed by atoms with Crippen LogP contribution in [-0.2, 0) is 70.3 Å². The number of nitrogens with one attached hydrogen (secondary N) is 12. The van der Waals surface area contributed by atoms with Gasteiger partial charge in [-0.25, -0.2) is 5.43 Å². The highest BCUT2D eigenvalue weighted by molar-refractivity contribution is 5.97. The number of para-hydroxylation sites is 1. The number of H-pyrrole nitrogens is 1. The van der Waals surface area contributed by atoms with Crippen molar-refractivity contribution in [2.45, 2.75) is 308 Å². The van der Waals surface area contributed by atoms with Gasteiger partial charge in [0.2, 0.25) is 65.6 Å². The number of carbonyl (C=O) groups excluding carboxylic acids is 11. The average Bonchev–Trinajstić information content (AvgIpc) is 1.19. The third-order valence-corrected chi connectivity index (χ3v) is 20.3. The fourth-order valence-corrected chi connectivity index (χ4v) is 13.4. The number of benzene rings is 2. The average molecular weight is 1660 g/mol. The maximum atomic E-state index is 14.7. The van der Waals surface area contributed by atoms with Gasteiger partial charge in [0.1, 0.15) is 36.3 Å². The summed E-state index contributed by atoms with van der Waals surface area (Å²) in [5.74, 6) is -7.09. The first-order valence-corrected chi connectivity index (χ1v) is 44.0. The van der Waals surface area contributed by atoms with Gasteiger partial charge in [0.25, 0.3) is 11.8 Å². The minimum absolute atomic E-state index is 0.0141. The smallest absolute Gasteiger partial charge is 0.265 e. The first kappa shape index (κ1) is 102. The lowest BCUT2D eigenvalue weighted by Crippen LogP contribution is -2.60. The van der Waals surface area contributed by atoms with Crippen LogP contribution in [0.4, 0.5) is 0 Å². The van der Waals surface area contributed by atoms with Crippen molar-refractivity contribution < 1.29 is 57.5 Å². The Balaban J connectivity index is 1.39. The second-order valence-corrected chi connectivity index (χ2v) is 30.7. The molecule has 0 radical (unpaired) electrons. The Kier molecular flexibility index (Phi) is 54.0. The maximum Gasteiger partial charge on any atom is 0.265 e. The molecule has 1 aliphatic rings. The Morgan fingerprint density at radius 3 is 1.50 bits per heavy atom. The predicted octanol–water partition coefficient (Wildman–Crippen LogP) is 8.10. The number of nitrogens with zero attached hydrogens (tertiary/aromatic N) is 2. The molecule has 1 fully saturated rings. The van der Waals surface area contributed by atoms with Gasteiger partial charge in [0.05, 0.1) is 6.54 Å². The number of carbonyl (C=O) groups is 11. The normalized spacial score (nSPS) is 15.1. The molecule has 119 heavy (non-hydrogen) atoms. The van der Waals surface area contributed by atoms with Gasteiger partial charge in [-0.2, -0.15) is 5.01 Å². The van der Waals surface area contributed by atoms with Crippen molar-refractivity contribution in [3.05, 3.63) is 121 Å². The van der Waals surface area contributed by atoms with Crippen molar-refractivity contribution in [3.63, 3.8) is 0 Å². The summed E-state index contributed by atoms with van der Waals surface area (Å²) in [7, 11) is 0. The number of hydrogen-bond acceptors (Lipinski definition) is 16. The van der Waals surface area contributed by atoms with Crippen LogP contribution in [0, 0.1) is 0 Å². The van der Waals surface area contributed by atoms with E-state index >= 15 is 0 Å². The van der Waals surface area contributed by atoms with Crippen LogP contribution in [0.15, 0.2) is 114 Å². The zero-order chi connectivity index (χ0) is 86.5. The number of primary amides is 1. The molecule has 0 aliphatic carbocycles. The van der Waals surface area contributed by atoms with E-state index in [1.807, 2.05) is 31.2 Å². The molecule has 1 saturated heterocycles. The Hall–Kier alpha value is -9.78. The van der Waals surface area contributed by atoms with Gasteiger partial charge >= 0.3 is 0 Å². The van der Waals surface area contributed by atoms with Crippen LogP contribution in [-0.4, -0.2) is 175 Å². The van der Waals surface area contributed by atoms with Crippen molar-refractivity contribution in [2.75, 3.05) is 45.8 Å². The molecular weight excluding hydrogens is 1510 g/mol. The fourth-order valence-electron chi connectivity index (χ4n) is 13.4. The number of ether oxygens (including phenoxy) is 1. The number of fused-ring (bicyclic) bond motifs is 1. The molecule has 30 heteroatoms. The van der Waals surface area contributed by atoms with E-state index in [1.165, 1.54) is 45.4 Å². The highest BCUT2D eigenvalue weighted by Gasteiger charge is 2.42. The predicted molar refractivity (Wildman–Crippen MR) is 469 cm³/mol. The number of guanidine groups is 1. The molecule has 1 aromatic heterocycles. The zero-order valence-electron chi connectivity index (χ0n) is 71.5. The summed E-state index contributed by atoms with van der Waals surface area (Å²) >= 11 is 0. The van der Waals surface area contributed by atoms with Crippen LogP contribution < -0.4 is 81.5 Å². The van der Waals surface area contributed by atoms with Crippen LogP contribution in [0.1, 0.15) is 257 Å². The number of unbranched alkanes of at least 4 members (excludes halogenated alkanes) is 18. The standard InChI is InChI=1S/C89H144N18O12/c1-5-8-11-13-15-17-19-21-23-25-27-29-31-33-38-54-76(108)94-58-45-60-96-85(117)87-106-107(88(119-87)86(118)97-61-46-59-95-77(109)55-39-34-32-30-28-26-24-22-20-18-16-14-12-9-6-2)65-78(110)101-71(50-10-7-3)81(113)100-66(4)80(112)102-72(52-42-43-56-90)83(115)105-75(62-67-47-36-35-37-48-67)84(116)103-73(53-44-57-98-89(92)93)82(114)104-74(79(91)111)63-68-64-99-70-51-41-40-49-69(68)70/h15-18,21-24,35-37,40-41,47-49,51,64,66,71-75,87-88,99,106H,5-14,19-20,25-34,38-39,42-46,50,52-63,65,90H2,1-4H3,(H2,91,111)(H,94,108)(H,95,109)(H,96,117)(H,97,118)(H,100,113)(H,101,110)(H,102,112)(H,103,116)(H,104,114)(H,105,115)(H4,92,93,98)/b17-15-,18-16-,23-21-,24-22-/t66-,71-,72-,73-,74-,75+,87?,88?/m0/s1. The lowest BCUT2D eigenvalue weighted by molar-refractivity contribution is -0.144.